The van der Waals surface area contributed by atoms with E-state index in [1.54, 1.807) is 19.5 Å². The van der Waals surface area contributed by atoms with Crippen LogP contribution in [0.2, 0.25) is 0 Å². The zero-order chi connectivity index (χ0) is 23.7. The number of carbonyl (C=O) groups is 1. The van der Waals surface area contributed by atoms with E-state index in [-0.39, 0.29) is 5.91 Å². The fourth-order valence-corrected chi connectivity index (χ4v) is 5.18. The number of hydrogen-bond donors (Lipinski definition) is 0. The number of rotatable bonds is 5. The lowest BCUT2D eigenvalue weighted by molar-refractivity contribution is 0.0655. The van der Waals surface area contributed by atoms with Gasteiger partial charge in [0.2, 0.25) is 5.88 Å². The Labute approximate surface area is 201 Å². The molecular formula is C26H34N6O2. The fraction of sp³-hybridized carbons (Fsp3) is 0.500. The van der Waals surface area contributed by atoms with Crippen LogP contribution in [0.15, 0.2) is 36.7 Å². The molecule has 5 rings (SSSR count). The number of piperidine rings is 1. The van der Waals surface area contributed by atoms with Crippen LogP contribution in [0.25, 0.3) is 10.9 Å². The third-order valence-electron chi connectivity index (χ3n) is 7.41. The van der Waals surface area contributed by atoms with E-state index in [9.17, 15) is 4.79 Å². The molecule has 0 saturated carbocycles. The molecule has 1 amide bonds. The van der Waals surface area contributed by atoms with Crippen LogP contribution in [0, 0.1) is 0 Å². The summed E-state index contributed by atoms with van der Waals surface area (Å²) in [5, 5.41) is 1.16. The molecule has 8 heteroatoms. The molecule has 2 fully saturated rings. The number of amides is 1. The lowest BCUT2D eigenvalue weighted by atomic mass is 9.89. The van der Waals surface area contributed by atoms with Crippen molar-refractivity contribution in [3.63, 3.8) is 0 Å². The van der Waals surface area contributed by atoms with Crippen LogP contribution in [0.4, 0.5) is 0 Å². The summed E-state index contributed by atoms with van der Waals surface area (Å²) in [6.45, 7) is 6.36. The van der Waals surface area contributed by atoms with Crippen LogP contribution in [-0.2, 0) is 13.6 Å². The van der Waals surface area contributed by atoms with Gasteiger partial charge in [-0.05, 0) is 62.7 Å². The number of piperazine rings is 1. The van der Waals surface area contributed by atoms with Crippen molar-refractivity contribution < 1.29 is 9.53 Å². The summed E-state index contributed by atoms with van der Waals surface area (Å²) in [5.74, 6) is 1.23. The van der Waals surface area contributed by atoms with Crippen LogP contribution in [0.3, 0.4) is 0 Å². The second-order valence-electron chi connectivity index (χ2n) is 9.60. The van der Waals surface area contributed by atoms with Gasteiger partial charge in [-0.3, -0.25) is 14.7 Å². The van der Waals surface area contributed by atoms with E-state index in [1.165, 1.54) is 5.56 Å². The molecule has 0 radical (unpaired) electrons. The van der Waals surface area contributed by atoms with Gasteiger partial charge in [0.05, 0.1) is 25.2 Å². The standard InChI is InChI=1S/C26H34N6O2/c1-29-10-12-32(13-11-29)26(33)24-15-21-14-20(4-5-23(21)30(24)2)19-6-8-31(9-7-19)18-22-16-28-25(34-3)17-27-22/h4-5,14-17,19H,6-13,18H2,1-3H3. The monoisotopic (exact) mass is 462 g/mol. The maximum absolute atomic E-state index is 13.2. The van der Waals surface area contributed by atoms with Gasteiger partial charge in [0.1, 0.15) is 5.69 Å². The third kappa shape index (κ3) is 4.65. The molecule has 0 atom stereocenters. The summed E-state index contributed by atoms with van der Waals surface area (Å²) < 4.78 is 7.15. The Morgan fingerprint density at radius 3 is 2.44 bits per heavy atom. The molecule has 1 aromatic carbocycles. The summed E-state index contributed by atoms with van der Waals surface area (Å²) in [6.07, 6.45) is 5.72. The molecule has 0 N–H and O–H groups in total. The minimum atomic E-state index is 0.142. The summed E-state index contributed by atoms with van der Waals surface area (Å²) in [5.41, 5.74) is 4.26. The Hall–Kier alpha value is -2.97. The average molecular weight is 463 g/mol. The molecule has 0 spiro atoms. The highest BCUT2D eigenvalue weighted by Crippen LogP contribution is 2.31. The number of likely N-dealkylation sites (N-methyl/N-ethyl adjacent to an activating group) is 1. The van der Waals surface area contributed by atoms with E-state index in [0.717, 1.165) is 80.9 Å². The Bertz CT molecular complexity index is 1140. The average Bonchev–Trinajstić information content (AvgIpc) is 3.20. The zero-order valence-electron chi connectivity index (χ0n) is 20.4. The van der Waals surface area contributed by atoms with Crippen molar-refractivity contribution >= 4 is 16.8 Å². The second-order valence-corrected chi connectivity index (χ2v) is 9.60. The maximum atomic E-state index is 13.2. The highest BCUT2D eigenvalue weighted by Gasteiger charge is 2.25. The van der Waals surface area contributed by atoms with Crippen molar-refractivity contribution in [2.75, 3.05) is 53.4 Å². The predicted molar refractivity (Wildman–Crippen MR) is 132 cm³/mol. The molecule has 34 heavy (non-hydrogen) atoms. The molecule has 0 bridgehead atoms. The Morgan fingerprint density at radius 1 is 1.00 bits per heavy atom. The summed E-state index contributed by atoms with van der Waals surface area (Å²) in [6, 6.07) is 8.81. The van der Waals surface area contributed by atoms with Gasteiger partial charge in [0.25, 0.3) is 5.91 Å². The molecule has 2 aromatic heterocycles. The predicted octanol–water partition coefficient (Wildman–Crippen LogP) is 2.74. The van der Waals surface area contributed by atoms with Crippen molar-refractivity contribution in [3.05, 3.63) is 53.6 Å². The number of methoxy groups -OCH3 is 1. The molecule has 180 valence electrons. The normalized spacial score (nSPS) is 18.5. The summed E-state index contributed by atoms with van der Waals surface area (Å²) in [4.78, 5) is 28.6. The number of aryl methyl sites for hydroxylation is 1. The molecular weight excluding hydrogens is 428 g/mol. The van der Waals surface area contributed by atoms with E-state index in [1.807, 2.05) is 11.9 Å². The van der Waals surface area contributed by atoms with E-state index < -0.39 is 0 Å². The summed E-state index contributed by atoms with van der Waals surface area (Å²) >= 11 is 0. The van der Waals surface area contributed by atoms with E-state index >= 15 is 0 Å². The highest BCUT2D eigenvalue weighted by atomic mass is 16.5. The molecule has 3 aromatic rings. The van der Waals surface area contributed by atoms with Gasteiger partial charge in [0.15, 0.2) is 0 Å². The lowest BCUT2D eigenvalue weighted by Crippen LogP contribution is -2.47. The van der Waals surface area contributed by atoms with Gasteiger partial charge in [-0.15, -0.1) is 0 Å². The van der Waals surface area contributed by atoms with Crippen molar-refractivity contribution in [1.82, 2.24) is 29.2 Å². The Morgan fingerprint density at radius 2 is 1.76 bits per heavy atom. The first-order chi connectivity index (χ1) is 16.5. The molecule has 2 aliphatic heterocycles. The first-order valence-corrected chi connectivity index (χ1v) is 12.2. The van der Waals surface area contributed by atoms with Gasteiger partial charge in [0, 0.05) is 50.7 Å². The van der Waals surface area contributed by atoms with Gasteiger partial charge in [-0.2, -0.15) is 0 Å². The number of ether oxygens (including phenoxy) is 1. The van der Waals surface area contributed by atoms with Gasteiger partial charge < -0.3 is 19.1 Å². The molecule has 0 aliphatic carbocycles. The minimum Gasteiger partial charge on any atom is -0.480 e. The highest BCUT2D eigenvalue weighted by molar-refractivity contribution is 5.99. The Kier molecular flexibility index (Phi) is 6.52. The second kappa shape index (κ2) is 9.72. The van der Waals surface area contributed by atoms with Gasteiger partial charge in [-0.1, -0.05) is 6.07 Å². The third-order valence-corrected chi connectivity index (χ3v) is 7.41. The summed E-state index contributed by atoms with van der Waals surface area (Å²) in [7, 11) is 5.72. The number of carbonyl (C=O) groups excluding carboxylic acids is 1. The van der Waals surface area contributed by atoms with Crippen LogP contribution < -0.4 is 4.74 Å². The van der Waals surface area contributed by atoms with E-state index in [4.69, 9.17) is 4.74 Å². The van der Waals surface area contributed by atoms with Crippen LogP contribution in [0.5, 0.6) is 5.88 Å². The van der Waals surface area contributed by atoms with Crippen molar-refractivity contribution in [2.45, 2.75) is 25.3 Å². The number of benzene rings is 1. The van der Waals surface area contributed by atoms with E-state index in [0.29, 0.717) is 11.8 Å². The number of nitrogens with zero attached hydrogens (tertiary/aromatic N) is 6. The smallest absolute Gasteiger partial charge is 0.270 e. The molecule has 2 aliphatic rings. The number of fused-ring (bicyclic) bond motifs is 1. The molecule has 4 heterocycles. The largest absolute Gasteiger partial charge is 0.480 e. The first kappa shape index (κ1) is 22.8. The number of likely N-dealkylation sites (tertiary alicyclic amines) is 1. The molecule has 2 saturated heterocycles. The zero-order valence-corrected chi connectivity index (χ0v) is 20.4. The Balaban J connectivity index is 1.24. The van der Waals surface area contributed by atoms with Crippen LogP contribution >= 0.6 is 0 Å². The first-order valence-electron chi connectivity index (χ1n) is 12.2. The molecule has 0 unspecified atom stereocenters. The van der Waals surface area contributed by atoms with Crippen molar-refractivity contribution in [2.24, 2.45) is 7.05 Å². The lowest BCUT2D eigenvalue weighted by Gasteiger charge is -2.32. The number of hydrogen-bond acceptors (Lipinski definition) is 6. The quantitative estimate of drug-likeness (QED) is 0.581. The topological polar surface area (TPSA) is 66.7 Å². The molecule has 8 nitrogen and oxygen atoms in total. The van der Waals surface area contributed by atoms with Gasteiger partial charge >= 0.3 is 0 Å². The van der Waals surface area contributed by atoms with Crippen LogP contribution in [0.1, 0.15) is 40.5 Å². The van der Waals surface area contributed by atoms with Crippen molar-refractivity contribution in [1.29, 1.82) is 0 Å². The number of aromatic nitrogens is 3. The fourth-order valence-electron chi connectivity index (χ4n) is 5.18. The van der Waals surface area contributed by atoms with E-state index in [2.05, 4.69) is 55.6 Å². The minimum absolute atomic E-state index is 0.142. The van der Waals surface area contributed by atoms with Crippen molar-refractivity contribution in [3.8, 4) is 5.88 Å². The maximum Gasteiger partial charge on any atom is 0.270 e. The van der Waals surface area contributed by atoms with Crippen LogP contribution in [-0.4, -0.2) is 88.6 Å². The SMILES string of the molecule is COc1cnc(CN2CCC(c3ccc4c(c3)cc(C(=O)N3CCN(C)CC3)n4C)CC2)cn1. The van der Waals surface area contributed by atoms with Gasteiger partial charge in [-0.25, -0.2) is 4.98 Å².